The van der Waals surface area contributed by atoms with Crippen molar-refractivity contribution in [2.24, 2.45) is 4.99 Å². The molecule has 0 aromatic heterocycles. The van der Waals surface area contributed by atoms with Gasteiger partial charge in [0.2, 0.25) is 5.91 Å². The van der Waals surface area contributed by atoms with Crippen molar-refractivity contribution in [3.63, 3.8) is 0 Å². The number of nitrogens with zero attached hydrogens (tertiary/aromatic N) is 2. The van der Waals surface area contributed by atoms with Crippen LogP contribution < -0.4 is 14.8 Å². The van der Waals surface area contributed by atoms with Gasteiger partial charge < -0.3 is 24.4 Å². The highest BCUT2D eigenvalue weighted by Crippen LogP contribution is 2.46. The minimum atomic E-state index is -0.570. The zero-order valence-corrected chi connectivity index (χ0v) is 19.5. The maximum atomic E-state index is 13.1. The second-order valence-corrected chi connectivity index (χ2v) is 7.89. The lowest BCUT2D eigenvalue weighted by atomic mass is 9.93. The van der Waals surface area contributed by atoms with Gasteiger partial charge in [0.1, 0.15) is 18.1 Å². The third kappa shape index (κ3) is 4.83. The Morgan fingerprint density at radius 1 is 1.25 bits per heavy atom. The molecule has 2 heterocycles. The number of carbonyl (C=O) groups excluding carboxylic acids is 2. The monoisotopic (exact) mass is 457 g/mol. The fraction of sp³-hybridized carbons (Fsp3) is 0.348. The van der Waals surface area contributed by atoms with Crippen LogP contribution in [0.5, 0.6) is 11.5 Å². The number of fused-ring (bicyclic) bond motifs is 1. The van der Waals surface area contributed by atoms with Gasteiger partial charge in [0.05, 0.1) is 38.0 Å². The Morgan fingerprint density at radius 3 is 2.53 bits per heavy atom. The molecule has 0 saturated heterocycles. The topological polar surface area (TPSA) is 89.5 Å². The van der Waals surface area contributed by atoms with Crippen LogP contribution in [0, 0.1) is 0 Å². The van der Waals surface area contributed by atoms with E-state index in [-0.39, 0.29) is 18.9 Å². The number of nitrogens with one attached hydrogen (secondary N) is 1. The SMILES string of the molecule is C=CCOC(=O)C1=C(C)N=C2SC=C(CC(=O)NCC)N2C1c1cc(OC)cc(OC)c1. The van der Waals surface area contributed by atoms with Gasteiger partial charge in [-0.25, -0.2) is 9.79 Å². The number of aliphatic imine (C=N–C) groups is 1. The van der Waals surface area contributed by atoms with E-state index in [1.54, 1.807) is 27.2 Å². The fourth-order valence-corrected chi connectivity index (χ4v) is 4.53. The summed E-state index contributed by atoms with van der Waals surface area (Å²) < 4.78 is 16.3. The molecule has 32 heavy (non-hydrogen) atoms. The van der Waals surface area contributed by atoms with Gasteiger partial charge >= 0.3 is 5.97 Å². The number of allylic oxidation sites excluding steroid dienone is 1. The van der Waals surface area contributed by atoms with Crippen LogP contribution in [0.4, 0.5) is 0 Å². The minimum absolute atomic E-state index is 0.0800. The quantitative estimate of drug-likeness (QED) is 0.448. The van der Waals surface area contributed by atoms with E-state index in [1.807, 2.05) is 29.4 Å². The van der Waals surface area contributed by atoms with E-state index in [9.17, 15) is 9.59 Å². The van der Waals surface area contributed by atoms with Gasteiger partial charge in [-0.3, -0.25) is 4.79 Å². The molecule has 0 radical (unpaired) electrons. The Morgan fingerprint density at radius 2 is 1.94 bits per heavy atom. The summed E-state index contributed by atoms with van der Waals surface area (Å²) in [4.78, 5) is 32.0. The van der Waals surface area contributed by atoms with Crippen molar-refractivity contribution in [3.05, 3.63) is 58.8 Å². The van der Waals surface area contributed by atoms with Crippen LogP contribution in [-0.2, 0) is 14.3 Å². The molecule has 1 aromatic carbocycles. The van der Waals surface area contributed by atoms with E-state index in [1.165, 1.54) is 17.8 Å². The molecule has 2 aliphatic rings. The van der Waals surface area contributed by atoms with E-state index >= 15 is 0 Å². The second kappa shape index (κ2) is 10.4. The maximum absolute atomic E-state index is 13.1. The van der Waals surface area contributed by atoms with Crippen LogP contribution in [0.1, 0.15) is 31.9 Å². The average molecular weight is 458 g/mol. The fourth-order valence-electron chi connectivity index (χ4n) is 3.57. The van der Waals surface area contributed by atoms with Crippen LogP contribution >= 0.6 is 11.8 Å². The summed E-state index contributed by atoms with van der Waals surface area (Å²) >= 11 is 1.42. The highest BCUT2D eigenvalue weighted by atomic mass is 32.2. The Bertz CT molecular complexity index is 993. The van der Waals surface area contributed by atoms with Crippen molar-refractivity contribution in [1.82, 2.24) is 10.2 Å². The molecule has 1 unspecified atom stereocenters. The Labute approximate surface area is 192 Å². The molecular weight excluding hydrogens is 430 g/mol. The van der Waals surface area contributed by atoms with Crippen molar-refractivity contribution in [1.29, 1.82) is 0 Å². The summed E-state index contributed by atoms with van der Waals surface area (Å²) in [6.07, 6.45) is 1.67. The number of hydrogen-bond acceptors (Lipinski definition) is 8. The van der Waals surface area contributed by atoms with Crippen LogP contribution in [0.2, 0.25) is 0 Å². The number of rotatable bonds is 9. The van der Waals surface area contributed by atoms with Crippen LogP contribution in [0.15, 0.2) is 58.2 Å². The van der Waals surface area contributed by atoms with Crippen molar-refractivity contribution in [3.8, 4) is 11.5 Å². The van der Waals surface area contributed by atoms with E-state index in [0.29, 0.717) is 34.5 Å². The van der Waals surface area contributed by atoms with Crippen molar-refractivity contribution < 1.29 is 23.8 Å². The second-order valence-electron chi connectivity index (χ2n) is 7.06. The van der Waals surface area contributed by atoms with E-state index < -0.39 is 12.0 Å². The first-order valence-electron chi connectivity index (χ1n) is 10.2. The standard InChI is InChI=1S/C23H27N3O5S/c1-6-8-31-22(28)20-14(3)25-23-26(16(13-32-23)11-19(27)24-7-2)21(20)15-9-17(29-4)12-18(10-15)30-5/h6,9-10,12-13,21H,1,7-8,11H2,2-5H3,(H,24,27). The van der Waals surface area contributed by atoms with Crippen molar-refractivity contribution in [2.75, 3.05) is 27.4 Å². The van der Waals surface area contributed by atoms with E-state index in [2.05, 4.69) is 16.9 Å². The Hall–Kier alpha value is -3.20. The summed E-state index contributed by atoms with van der Waals surface area (Å²) in [5.74, 6) is 0.567. The highest BCUT2D eigenvalue weighted by molar-refractivity contribution is 8.16. The molecule has 170 valence electrons. The highest BCUT2D eigenvalue weighted by Gasteiger charge is 2.41. The van der Waals surface area contributed by atoms with E-state index in [4.69, 9.17) is 14.2 Å². The number of carbonyl (C=O) groups is 2. The van der Waals surface area contributed by atoms with Gasteiger partial charge in [0.15, 0.2) is 5.17 Å². The number of methoxy groups -OCH3 is 2. The smallest absolute Gasteiger partial charge is 0.338 e. The molecule has 0 saturated carbocycles. The molecule has 9 heteroatoms. The van der Waals surface area contributed by atoms with Crippen LogP contribution in [0.25, 0.3) is 0 Å². The number of thioether (sulfide) groups is 1. The Balaban J connectivity index is 2.12. The number of benzene rings is 1. The summed E-state index contributed by atoms with van der Waals surface area (Å²) in [7, 11) is 3.14. The van der Waals surface area contributed by atoms with Gasteiger partial charge in [-0.2, -0.15) is 0 Å². The number of ether oxygens (including phenoxy) is 3. The molecule has 8 nitrogen and oxygen atoms in total. The summed E-state index contributed by atoms with van der Waals surface area (Å²) in [5, 5.41) is 5.40. The largest absolute Gasteiger partial charge is 0.497 e. The summed E-state index contributed by atoms with van der Waals surface area (Å²) in [6, 6.07) is 4.88. The average Bonchev–Trinajstić information content (AvgIpc) is 3.17. The molecule has 0 bridgehead atoms. The van der Waals surface area contributed by atoms with Crippen LogP contribution in [0.3, 0.4) is 0 Å². The van der Waals surface area contributed by atoms with Crippen LogP contribution in [-0.4, -0.2) is 49.3 Å². The lowest BCUT2D eigenvalue weighted by molar-refractivity contribution is -0.138. The molecule has 1 atom stereocenters. The van der Waals surface area contributed by atoms with E-state index in [0.717, 1.165) is 11.3 Å². The lowest BCUT2D eigenvalue weighted by Gasteiger charge is -2.36. The predicted molar refractivity (Wildman–Crippen MR) is 124 cm³/mol. The van der Waals surface area contributed by atoms with Gasteiger partial charge in [-0.15, -0.1) is 0 Å². The third-order valence-electron chi connectivity index (χ3n) is 4.96. The molecule has 3 rings (SSSR count). The zero-order valence-electron chi connectivity index (χ0n) is 18.6. The summed E-state index contributed by atoms with van der Waals surface area (Å²) in [6.45, 7) is 7.88. The molecule has 1 amide bonds. The molecule has 0 fully saturated rings. The van der Waals surface area contributed by atoms with Gasteiger partial charge in [-0.05, 0) is 37.0 Å². The van der Waals surface area contributed by atoms with Gasteiger partial charge in [0.25, 0.3) is 0 Å². The maximum Gasteiger partial charge on any atom is 0.338 e. The molecule has 1 aromatic rings. The first-order valence-corrected chi connectivity index (χ1v) is 11.0. The normalized spacial score (nSPS) is 17.2. The first-order chi connectivity index (χ1) is 15.4. The molecule has 2 aliphatic heterocycles. The van der Waals surface area contributed by atoms with Crippen molar-refractivity contribution >= 4 is 28.8 Å². The zero-order chi connectivity index (χ0) is 23.3. The predicted octanol–water partition coefficient (Wildman–Crippen LogP) is 3.53. The first kappa shape index (κ1) is 23.5. The number of hydrogen-bond donors (Lipinski definition) is 1. The van der Waals surface area contributed by atoms with Gasteiger partial charge in [0, 0.05) is 18.3 Å². The summed E-state index contributed by atoms with van der Waals surface area (Å²) in [5.41, 5.74) is 2.43. The number of esters is 1. The van der Waals surface area contributed by atoms with Gasteiger partial charge in [-0.1, -0.05) is 24.4 Å². The third-order valence-corrected chi connectivity index (χ3v) is 5.85. The lowest BCUT2D eigenvalue weighted by Crippen LogP contribution is -2.38. The van der Waals surface area contributed by atoms with Crippen molar-refractivity contribution in [2.45, 2.75) is 26.3 Å². The molecule has 1 N–H and O–H groups in total. The molecule has 0 spiro atoms. The Kier molecular flexibility index (Phi) is 7.63. The molecule has 0 aliphatic carbocycles. The minimum Gasteiger partial charge on any atom is -0.497 e. The molecular formula is C23H27N3O5S. The number of amidine groups is 1. The number of amides is 1.